The van der Waals surface area contributed by atoms with Crippen molar-refractivity contribution in [2.45, 2.75) is 12.8 Å². The van der Waals surface area contributed by atoms with E-state index >= 15 is 0 Å². The summed E-state index contributed by atoms with van der Waals surface area (Å²) in [5.41, 5.74) is -0.474. The second kappa shape index (κ2) is 6.97. The molecule has 142 valence electrons. The van der Waals surface area contributed by atoms with E-state index < -0.39 is 23.0 Å². The molecule has 3 heterocycles. The van der Waals surface area contributed by atoms with Crippen LogP contribution in [0.2, 0.25) is 5.15 Å². The molecule has 1 aliphatic rings. The van der Waals surface area contributed by atoms with Gasteiger partial charge in [-0.2, -0.15) is 19.6 Å². The van der Waals surface area contributed by atoms with Crippen LogP contribution in [0.15, 0.2) is 18.5 Å². The number of hydrogen-bond acceptors (Lipinski definition) is 5. The topological polar surface area (TPSA) is 66.5 Å². The van der Waals surface area contributed by atoms with E-state index in [1.807, 2.05) is 4.90 Å². The zero-order valence-corrected chi connectivity index (χ0v) is 14.8. The monoisotopic (exact) mass is 397 g/mol. The van der Waals surface area contributed by atoms with E-state index in [1.54, 1.807) is 0 Å². The van der Waals surface area contributed by atoms with Crippen molar-refractivity contribution in [2.75, 3.05) is 24.6 Å². The number of anilines is 1. The first-order valence-electron chi connectivity index (χ1n) is 8.39. The molecule has 3 aromatic rings. The molecule has 1 aliphatic heterocycles. The van der Waals surface area contributed by atoms with Gasteiger partial charge in [0.25, 0.3) is 5.78 Å². The Morgan fingerprint density at radius 1 is 1.11 bits per heavy atom. The Labute approximate surface area is 157 Å². The molecule has 4 rings (SSSR count). The molecule has 0 radical (unpaired) electrons. The molecule has 27 heavy (non-hydrogen) atoms. The smallest absolute Gasteiger partial charge is 0.255 e. The van der Waals surface area contributed by atoms with Gasteiger partial charge in [0.15, 0.2) is 0 Å². The first-order valence-corrected chi connectivity index (χ1v) is 8.77. The van der Waals surface area contributed by atoms with Crippen LogP contribution >= 0.6 is 11.6 Å². The van der Waals surface area contributed by atoms with Crippen LogP contribution < -0.4 is 4.90 Å². The van der Waals surface area contributed by atoms with Crippen LogP contribution in [-0.4, -0.2) is 44.4 Å². The number of aliphatic hydroxyl groups excluding tert-OH is 1. The molecule has 6 nitrogen and oxygen atoms in total. The molecule has 0 amide bonds. The maximum atomic E-state index is 14.5. The third-order valence-corrected chi connectivity index (χ3v) is 5.06. The predicted octanol–water partition coefficient (Wildman–Crippen LogP) is 3.07. The van der Waals surface area contributed by atoms with Crippen LogP contribution in [0.5, 0.6) is 0 Å². The zero-order valence-electron chi connectivity index (χ0n) is 14.0. The summed E-state index contributed by atoms with van der Waals surface area (Å²) >= 11 is 6.27. The second-order valence-corrected chi connectivity index (χ2v) is 6.79. The van der Waals surface area contributed by atoms with E-state index in [0.29, 0.717) is 43.9 Å². The lowest BCUT2D eigenvalue weighted by Gasteiger charge is -2.34. The molecule has 10 heteroatoms. The van der Waals surface area contributed by atoms with Gasteiger partial charge < -0.3 is 10.0 Å². The highest BCUT2D eigenvalue weighted by Gasteiger charge is 2.29. The van der Waals surface area contributed by atoms with Crippen LogP contribution in [0.4, 0.5) is 19.0 Å². The summed E-state index contributed by atoms with van der Waals surface area (Å²) in [5, 5.41) is 13.3. The average molecular weight is 398 g/mol. The lowest BCUT2D eigenvalue weighted by atomic mass is 9.97. The number of aromatic nitrogens is 4. The largest absolute Gasteiger partial charge is 0.396 e. The molecule has 1 fully saturated rings. The number of halogens is 4. The van der Waals surface area contributed by atoms with Crippen LogP contribution in [0.1, 0.15) is 12.8 Å². The molecule has 2 aromatic heterocycles. The second-order valence-electron chi connectivity index (χ2n) is 6.43. The van der Waals surface area contributed by atoms with Crippen molar-refractivity contribution < 1.29 is 18.3 Å². The quantitative estimate of drug-likeness (QED) is 0.688. The Morgan fingerprint density at radius 2 is 1.78 bits per heavy atom. The van der Waals surface area contributed by atoms with Gasteiger partial charge in [-0.1, -0.05) is 11.6 Å². The summed E-state index contributed by atoms with van der Waals surface area (Å²) in [6.07, 6.45) is 2.66. The molecule has 0 aliphatic carbocycles. The van der Waals surface area contributed by atoms with Crippen molar-refractivity contribution in [1.82, 2.24) is 19.6 Å². The van der Waals surface area contributed by atoms with Crippen LogP contribution in [0.25, 0.3) is 16.9 Å². The van der Waals surface area contributed by atoms with E-state index in [2.05, 4.69) is 15.1 Å². The van der Waals surface area contributed by atoms with E-state index in [-0.39, 0.29) is 29.0 Å². The summed E-state index contributed by atoms with van der Waals surface area (Å²) in [7, 11) is 0. The number of nitrogens with zero attached hydrogens (tertiary/aromatic N) is 5. The van der Waals surface area contributed by atoms with Gasteiger partial charge in [-0.05, 0) is 18.8 Å². The van der Waals surface area contributed by atoms with Crippen LogP contribution in [-0.2, 0) is 0 Å². The van der Waals surface area contributed by atoms with Crippen molar-refractivity contribution in [2.24, 2.45) is 5.92 Å². The minimum Gasteiger partial charge on any atom is -0.396 e. The maximum absolute atomic E-state index is 14.5. The van der Waals surface area contributed by atoms with Crippen molar-refractivity contribution >= 4 is 23.2 Å². The Hall–Kier alpha value is -2.39. The van der Waals surface area contributed by atoms with Crippen molar-refractivity contribution in [3.05, 3.63) is 41.1 Å². The van der Waals surface area contributed by atoms with Gasteiger partial charge in [-0.25, -0.2) is 13.2 Å². The number of rotatable bonds is 3. The Morgan fingerprint density at radius 3 is 2.41 bits per heavy atom. The van der Waals surface area contributed by atoms with Crippen molar-refractivity contribution in [3.63, 3.8) is 0 Å². The summed E-state index contributed by atoms with van der Waals surface area (Å²) in [6.45, 7) is 1.13. The Bertz CT molecular complexity index is 981. The summed E-state index contributed by atoms with van der Waals surface area (Å²) in [6, 6.07) is 1.20. The lowest BCUT2D eigenvalue weighted by Crippen LogP contribution is -2.36. The summed E-state index contributed by atoms with van der Waals surface area (Å²) in [5.74, 6) is -2.50. The number of benzene rings is 1. The fourth-order valence-corrected chi connectivity index (χ4v) is 3.67. The number of piperidine rings is 1. The zero-order chi connectivity index (χ0) is 19.1. The van der Waals surface area contributed by atoms with Gasteiger partial charge in [0.1, 0.15) is 34.7 Å². The molecular weight excluding hydrogens is 383 g/mol. The molecule has 1 aromatic carbocycles. The molecule has 0 spiro atoms. The molecule has 0 atom stereocenters. The number of aliphatic hydroxyl groups is 1. The number of hydrogen-bond donors (Lipinski definition) is 1. The van der Waals surface area contributed by atoms with Gasteiger partial charge in [0.05, 0.1) is 11.1 Å². The van der Waals surface area contributed by atoms with Crippen molar-refractivity contribution in [1.29, 1.82) is 0 Å². The standard InChI is InChI=1S/C17H15ClF3N5O/c18-15-14(13-11(20)5-10(19)6-12(13)21)16(26-17(24-15)22-8-23-26)25-3-1-9(7-27)2-4-25/h5-6,8-9,27H,1-4,7H2. The summed E-state index contributed by atoms with van der Waals surface area (Å²) < 4.78 is 43.7. The first kappa shape index (κ1) is 18.0. The SMILES string of the molecule is OCC1CCN(c2c(-c3c(F)cc(F)cc3F)c(Cl)nc3ncnn23)CC1. The molecular formula is C17H15ClF3N5O. The molecule has 1 N–H and O–H groups in total. The number of fused-ring (bicyclic) bond motifs is 1. The Balaban J connectivity index is 1.95. The van der Waals surface area contributed by atoms with Crippen molar-refractivity contribution in [3.8, 4) is 11.1 Å². The lowest BCUT2D eigenvalue weighted by molar-refractivity contribution is 0.202. The minimum atomic E-state index is -1.08. The van der Waals surface area contributed by atoms with E-state index in [0.717, 1.165) is 0 Å². The molecule has 1 saturated heterocycles. The summed E-state index contributed by atoms with van der Waals surface area (Å²) in [4.78, 5) is 9.94. The third kappa shape index (κ3) is 3.10. The maximum Gasteiger partial charge on any atom is 0.255 e. The Kier molecular flexibility index (Phi) is 4.65. The normalized spacial score (nSPS) is 15.7. The predicted molar refractivity (Wildman–Crippen MR) is 93.1 cm³/mol. The molecule has 0 saturated carbocycles. The fraction of sp³-hybridized carbons (Fsp3) is 0.353. The van der Waals surface area contributed by atoms with E-state index in [1.165, 1.54) is 10.8 Å². The third-order valence-electron chi connectivity index (χ3n) is 4.79. The van der Waals surface area contributed by atoms with Gasteiger partial charge in [0, 0.05) is 31.8 Å². The van der Waals surface area contributed by atoms with Gasteiger partial charge in [-0.15, -0.1) is 0 Å². The highest BCUT2D eigenvalue weighted by atomic mass is 35.5. The van der Waals surface area contributed by atoms with E-state index in [9.17, 15) is 18.3 Å². The minimum absolute atomic E-state index is 0.00730. The average Bonchev–Trinajstić information content (AvgIpc) is 3.09. The first-order chi connectivity index (χ1) is 13.0. The molecule has 0 bridgehead atoms. The van der Waals surface area contributed by atoms with Gasteiger partial charge >= 0.3 is 0 Å². The van der Waals surface area contributed by atoms with Gasteiger partial charge in [0.2, 0.25) is 0 Å². The van der Waals surface area contributed by atoms with Gasteiger partial charge in [-0.3, -0.25) is 0 Å². The van der Waals surface area contributed by atoms with Crippen LogP contribution in [0.3, 0.4) is 0 Å². The van der Waals surface area contributed by atoms with E-state index in [4.69, 9.17) is 11.6 Å². The molecule has 0 unspecified atom stereocenters. The van der Waals surface area contributed by atoms with Crippen LogP contribution in [0, 0.1) is 23.4 Å². The fourth-order valence-electron chi connectivity index (χ4n) is 3.42. The highest BCUT2D eigenvalue weighted by molar-refractivity contribution is 6.33. The highest BCUT2D eigenvalue weighted by Crippen LogP contribution is 2.40.